The fraction of sp³-hybridized carbons (Fsp3) is 0.909. The Kier molecular flexibility index (Phi) is 7.88. The summed E-state index contributed by atoms with van der Waals surface area (Å²) in [6.45, 7) is 6.34. The van der Waals surface area contributed by atoms with Gasteiger partial charge in [-0.3, -0.25) is 4.79 Å². The molecule has 0 radical (unpaired) electrons. The lowest BCUT2D eigenvalue weighted by molar-refractivity contribution is -0.150. The Morgan fingerprint density at radius 2 is 2.07 bits per heavy atom. The number of ether oxygens (including phenoxy) is 1. The Morgan fingerprint density at radius 1 is 1.40 bits per heavy atom. The lowest BCUT2D eigenvalue weighted by atomic mass is 10.00. The number of carbonyl (C=O) groups is 1. The van der Waals surface area contributed by atoms with E-state index in [4.69, 9.17) is 4.74 Å². The standard InChI is InChI=1S/C11H23NO2S/c1-5-8-15-9-7-11(3,12-4)10(13)14-6-2/h12H,5-9H2,1-4H3. The number of rotatable bonds is 8. The molecule has 0 saturated carbocycles. The fourth-order valence-electron chi connectivity index (χ4n) is 1.14. The molecule has 1 unspecified atom stereocenters. The van der Waals surface area contributed by atoms with E-state index in [0.717, 1.165) is 17.9 Å². The zero-order valence-corrected chi connectivity index (χ0v) is 11.1. The van der Waals surface area contributed by atoms with Gasteiger partial charge >= 0.3 is 5.97 Å². The molecule has 1 N–H and O–H groups in total. The van der Waals surface area contributed by atoms with Crippen molar-refractivity contribution in [1.82, 2.24) is 5.32 Å². The van der Waals surface area contributed by atoms with Gasteiger partial charge in [0.15, 0.2) is 0 Å². The number of likely N-dealkylation sites (N-methyl/N-ethyl adjacent to an activating group) is 1. The maximum absolute atomic E-state index is 11.7. The molecule has 90 valence electrons. The predicted molar refractivity (Wildman–Crippen MR) is 66.3 cm³/mol. The van der Waals surface area contributed by atoms with Gasteiger partial charge in [-0.15, -0.1) is 0 Å². The average Bonchev–Trinajstić information content (AvgIpc) is 2.24. The molecule has 0 spiro atoms. The van der Waals surface area contributed by atoms with Crippen molar-refractivity contribution in [2.45, 2.75) is 39.2 Å². The van der Waals surface area contributed by atoms with Crippen LogP contribution in [-0.4, -0.2) is 36.7 Å². The number of hydrogen-bond acceptors (Lipinski definition) is 4. The van der Waals surface area contributed by atoms with Gasteiger partial charge < -0.3 is 10.1 Å². The Balaban J connectivity index is 4.00. The van der Waals surface area contributed by atoms with Gasteiger partial charge in [-0.1, -0.05) is 6.92 Å². The largest absolute Gasteiger partial charge is 0.465 e. The van der Waals surface area contributed by atoms with E-state index in [1.54, 1.807) is 7.05 Å². The Morgan fingerprint density at radius 3 is 2.53 bits per heavy atom. The van der Waals surface area contributed by atoms with Crippen LogP contribution in [0.25, 0.3) is 0 Å². The van der Waals surface area contributed by atoms with E-state index >= 15 is 0 Å². The normalized spacial score (nSPS) is 14.7. The molecule has 0 amide bonds. The minimum atomic E-state index is -0.531. The van der Waals surface area contributed by atoms with Crippen LogP contribution in [0.2, 0.25) is 0 Å². The van der Waals surface area contributed by atoms with E-state index in [9.17, 15) is 4.79 Å². The first kappa shape index (κ1) is 14.8. The van der Waals surface area contributed by atoms with E-state index in [1.807, 2.05) is 25.6 Å². The van der Waals surface area contributed by atoms with Gasteiger partial charge in [-0.25, -0.2) is 0 Å². The summed E-state index contributed by atoms with van der Waals surface area (Å²) < 4.78 is 5.04. The van der Waals surface area contributed by atoms with Crippen molar-refractivity contribution in [2.75, 3.05) is 25.2 Å². The van der Waals surface area contributed by atoms with Gasteiger partial charge in [-0.2, -0.15) is 11.8 Å². The molecule has 4 heteroatoms. The van der Waals surface area contributed by atoms with Crippen molar-refractivity contribution in [3.63, 3.8) is 0 Å². The first-order chi connectivity index (χ1) is 7.10. The summed E-state index contributed by atoms with van der Waals surface area (Å²) in [5.74, 6) is 2.00. The predicted octanol–water partition coefficient (Wildman–Crippen LogP) is 2.06. The summed E-state index contributed by atoms with van der Waals surface area (Å²) in [6, 6.07) is 0. The average molecular weight is 233 g/mol. The fourth-order valence-corrected chi connectivity index (χ4v) is 2.19. The molecule has 0 aromatic heterocycles. The highest BCUT2D eigenvalue weighted by atomic mass is 32.2. The van der Waals surface area contributed by atoms with E-state index in [0.29, 0.717) is 6.61 Å². The summed E-state index contributed by atoms with van der Waals surface area (Å²) in [4.78, 5) is 11.7. The molecule has 0 saturated heterocycles. The Bertz CT molecular complexity index is 187. The maximum atomic E-state index is 11.7. The van der Waals surface area contributed by atoms with Crippen molar-refractivity contribution in [1.29, 1.82) is 0 Å². The quantitative estimate of drug-likeness (QED) is 0.514. The second kappa shape index (κ2) is 7.99. The number of hydrogen-bond donors (Lipinski definition) is 1. The van der Waals surface area contributed by atoms with Crippen molar-refractivity contribution in [3.05, 3.63) is 0 Å². The van der Waals surface area contributed by atoms with Crippen molar-refractivity contribution in [2.24, 2.45) is 0 Å². The third-order valence-electron chi connectivity index (χ3n) is 2.37. The van der Waals surface area contributed by atoms with Gasteiger partial charge in [-0.05, 0) is 45.2 Å². The third-order valence-corrected chi connectivity index (χ3v) is 3.56. The van der Waals surface area contributed by atoms with Crippen LogP contribution >= 0.6 is 11.8 Å². The smallest absolute Gasteiger partial charge is 0.326 e. The van der Waals surface area contributed by atoms with Crippen LogP contribution in [-0.2, 0) is 9.53 Å². The minimum absolute atomic E-state index is 0.149. The molecule has 0 aliphatic carbocycles. The number of esters is 1. The molecular weight excluding hydrogens is 210 g/mol. The topological polar surface area (TPSA) is 38.3 Å². The van der Waals surface area contributed by atoms with E-state index in [2.05, 4.69) is 12.2 Å². The molecule has 0 aromatic rings. The third kappa shape index (κ3) is 5.42. The van der Waals surface area contributed by atoms with Gasteiger partial charge in [0.1, 0.15) is 5.54 Å². The van der Waals surface area contributed by atoms with Crippen LogP contribution < -0.4 is 5.32 Å². The highest BCUT2D eigenvalue weighted by Gasteiger charge is 2.32. The Labute approximate surface area is 97.3 Å². The molecule has 0 aliphatic heterocycles. The van der Waals surface area contributed by atoms with Crippen LogP contribution in [0.4, 0.5) is 0 Å². The SMILES string of the molecule is CCCSCCC(C)(NC)C(=O)OCC. The second-order valence-electron chi connectivity index (χ2n) is 3.66. The summed E-state index contributed by atoms with van der Waals surface area (Å²) >= 11 is 1.88. The lowest BCUT2D eigenvalue weighted by Crippen LogP contribution is -2.49. The van der Waals surface area contributed by atoms with Gasteiger partial charge in [0.2, 0.25) is 0 Å². The maximum Gasteiger partial charge on any atom is 0.326 e. The minimum Gasteiger partial charge on any atom is -0.465 e. The zero-order valence-electron chi connectivity index (χ0n) is 10.3. The number of thioether (sulfide) groups is 1. The van der Waals surface area contributed by atoms with E-state index in [1.165, 1.54) is 6.42 Å². The van der Waals surface area contributed by atoms with Crippen LogP contribution in [0.15, 0.2) is 0 Å². The van der Waals surface area contributed by atoms with Crippen molar-refractivity contribution < 1.29 is 9.53 Å². The molecule has 0 aromatic carbocycles. The lowest BCUT2D eigenvalue weighted by Gasteiger charge is -2.26. The molecule has 0 fully saturated rings. The zero-order chi connectivity index (χ0) is 11.7. The van der Waals surface area contributed by atoms with Gasteiger partial charge in [0.25, 0.3) is 0 Å². The van der Waals surface area contributed by atoms with Crippen LogP contribution in [0.3, 0.4) is 0 Å². The van der Waals surface area contributed by atoms with Crippen LogP contribution in [0.1, 0.15) is 33.6 Å². The monoisotopic (exact) mass is 233 g/mol. The number of nitrogens with one attached hydrogen (secondary N) is 1. The summed E-state index contributed by atoms with van der Waals surface area (Å²) in [5, 5.41) is 3.05. The highest BCUT2D eigenvalue weighted by molar-refractivity contribution is 7.99. The molecule has 0 rings (SSSR count). The Hall–Kier alpha value is -0.220. The molecule has 3 nitrogen and oxygen atoms in total. The van der Waals surface area contributed by atoms with E-state index in [-0.39, 0.29) is 5.97 Å². The first-order valence-corrected chi connectivity index (χ1v) is 6.70. The van der Waals surface area contributed by atoms with Crippen molar-refractivity contribution in [3.8, 4) is 0 Å². The highest BCUT2D eigenvalue weighted by Crippen LogP contribution is 2.16. The molecule has 0 heterocycles. The van der Waals surface area contributed by atoms with Crippen molar-refractivity contribution >= 4 is 17.7 Å². The summed E-state index contributed by atoms with van der Waals surface area (Å²) in [7, 11) is 1.81. The van der Waals surface area contributed by atoms with Crippen LogP contribution in [0, 0.1) is 0 Å². The van der Waals surface area contributed by atoms with E-state index < -0.39 is 5.54 Å². The summed E-state index contributed by atoms with van der Waals surface area (Å²) in [6.07, 6.45) is 1.99. The van der Waals surface area contributed by atoms with Crippen LogP contribution in [0.5, 0.6) is 0 Å². The second-order valence-corrected chi connectivity index (χ2v) is 4.89. The molecule has 1 atom stereocenters. The summed E-state index contributed by atoms with van der Waals surface area (Å²) in [5.41, 5.74) is -0.531. The molecular formula is C11H23NO2S. The molecule has 15 heavy (non-hydrogen) atoms. The molecule has 0 bridgehead atoms. The first-order valence-electron chi connectivity index (χ1n) is 5.54. The van der Waals surface area contributed by atoms with Gasteiger partial charge in [0, 0.05) is 0 Å². The number of carbonyl (C=O) groups excluding carboxylic acids is 1. The molecule has 0 aliphatic rings. The van der Waals surface area contributed by atoms with Gasteiger partial charge in [0.05, 0.1) is 6.61 Å².